The molecule has 0 spiro atoms. The fourth-order valence-electron chi connectivity index (χ4n) is 5.35. The first-order valence-corrected chi connectivity index (χ1v) is 14.8. The number of hydrogen-bond donors (Lipinski definition) is 8. The van der Waals surface area contributed by atoms with Crippen molar-refractivity contribution in [2.24, 2.45) is 0 Å². The van der Waals surface area contributed by atoms with Gasteiger partial charge in [0.05, 0.1) is 38.9 Å². The Morgan fingerprint density at radius 2 is 1.02 bits per heavy atom. The molecule has 17 nitrogen and oxygen atoms in total. The molecule has 8 N–H and O–H groups in total. The van der Waals surface area contributed by atoms with Crippen LogP contribution in [0.25, 0.3) is 0 Å². The summed E-state index contributed by atoms with van der Waals surface area (Å²) in [4.78, 5) is 75.6. The molecule has 2 rings (SSSR count). The van der Waals surface area contributed by atoms with Crippen molar-refractivity contribution in [3.63, 3.8) is 0 Å². The van der Waals surface area contributed by atoms with Gasteiger partial charge >= 0.3 is 35.8 Å². The maximum absolute atomic E-state index is 13.6. The van der Waals surface area contributed by atoms with Crippen LogP contribution in [0, 0.1) is 0 Å². The van der Waals surface area contributed by atoms with E-state index in [0.29, 0.717) is 0 Å². The first-order chi connectivity index (χ1) is 22.7. The molecular formula is C31H41N5O12. The van der Waals surface area contributed by atoms with Crippen molar-refractivity contribution >= 4 is 35.8 Å². The van der Waals surface area contributed by atoms with Gasteiger partial charge in [0.1, 0.15) is 0 Å². The summed E-state index contributed by atoms with van der Waals surface area (Å²) >= 11 is 0. The van der Waals surface area contributed by atoms with E-state index in [-0.39, 0.29) is 32.6 Å². The van der Waals surface area contributed by atoms with Gasteiger partial charge in [-0.2, -0.15) is 0 Å². The molecule has 1 unspecified atom stereocenters. The molecule has 1 atom stereocenters. The molecule has 0 heterocycles. The molecule has 262 valence electrons. The first-order valence-electron chi connectivity index (χ1n) is 14.8. The van der Waals surface area contributed by atoms with E-state index >= 15 is 0 Å². The van der Waals surface area contributed by atoms with E-state index in [2.05, 4.69) is 10.6 Å². The fourth-order valence-corrected chi connectivity index (χ4v) is 5.35. The van der Waals surface area contributed by atoms with Crippen LogP contribution in [0.5, 0.6) is 0 Å². The van der Waals surface area contributed by atoms with Crippen LogP contribution in [0.2, 0.25) is 0 Å². The lowest BCUT2D eigenvalue weighted by atomic mass is 9.90. The van der Waals surface area contributed by atoms with Crippen molar-refractivity contribution < 1.29 is 59.4 Å². The number of benzene rings is 2. The molecule has 0 aromatic heterocycles. The number of aliphatic carboxylic acids is 6. The zero-order valence-electron chi connectivity index (χ0n) is 26.1. The predicted octanol–water partition coefficient (Wildman–Crippen LogP) is -0.565. The summed E-state index contributed by atoms with van der Waals surface area (Å²) in [5.74, 6) is -8.49. The second-order valence-corrected chi connectivity index (χ2v) is 11.0. The normalized spacial score (nSPS) is 12.7. The Labute approximate surface area is 276 Å². The quantitative estimate of drug-likeness (QED) is 0.0613. The number of nitrogens with zero attached hydrogens (tertiary/aromatic N) is 3. The highest BCUT2D eigenvalue weighted by atomic mass is 16.4. The van der Waals surface area contributed by atoms with E-state index in [1.807, 2.05) is 0 Å². The van der Waals surface area contributed by atoms with Gasteiger partial charge < -0.3 is 30.6 Å². The topological polar surface area (TPSA) is 258 Å². The Morgan fingerprint density at radius 1 is 0.583 bits per heavy atom. The van der Waals surface area contributed by atoms with Crippen molar-refractivity contribution in [2.45, 2.75) is 31.2 Å². The lowest BCUT2D eigenvalue weighted by molar-refractivity contribution is -0.162. The molecule has 0 amide bonds. The molecule has 0 aliphatic heterocycles. The summed E-state index contributed by atoms with van der Waals surface area (Å²) < 4.78 is 0. The van der Waals surface area contributed by atoms with Gasteiger partial charge in [0.15, 0.2) is 5.54 Å². The van der Waals surface area contributed by atoms with Crippen LogP contribution in [-0.4, -0.2) is 145 Å². The van der Waals surface area contributed by atoms with Crippen molar-refractivity contribution in [1.82, 2.24) is 25.3 Å². The molecule has 48 heavy (non-hydrogen) atoms. The molecule has 0 aliphatic rings. The maximum atomic E-state index is 13.6. The minimum absolute atomic E-state index is 0.106. The van der Waals surface area contributed by atoms with Gasteiger partial charge in [-0.15, -0.1) is 0 Å². The summed E-state index contributed by atoms with van der Waals surface area (Å²) in [5.41, 5.74) is -0.829. The van der Waals surface area contributed by atoms with Gasteiger partial charge in [-0.1, -0.05) is 60.7 Å². The number of carboxylic acid groups (broad SMARTS) is 6. The molecular weight excluding hydrogens is 634 g/mol. The molecule has 0 fully saturated rings. The largest absolute Gasteiger partial charge is 0.480 e. The van der Waals surface area contributed by atoms with Crippen LogP contribution in [-0.2, 0) is 41.9 Å². The van der Waals surface area contributed by atoms with E-state index in [1.165, 1.54) is 0 Å². The highest BCUT2D eigenvalue weighted by Gasteiger charge is 2.52. The predicted molar refractivity (Wildman–Crippen MR) is 168 cm³/mol. The first kappa shape index (κ1) is 39.2. The number of hydrogen-bond acceptors (Lipinski definition) is 11. The monoisotopic (exact) mass is 675 g/mol. The number of carboxylic acids is 6. The number of nitrogens with one attached hydrogen (secondary N) is 2. The van der Waals surface area contributed by atoms with Gasteiger partial charge in [-0.05, 0) is 17.5 Å². The van der Waals surface area contributed by atoms with Crippen molar-refractivity contribution in [2.75, 3.05) is 52.4 Å². The molecule has 2 aromatic carbocycles. The molecule has 0 saturated carbocycles. The average molecular weight is 676 g/mol. The summed E-state index contributed by atoms with van der Waals surface area (Å²) in [5, 5.41) is 63.5. The number of rotatable bonds is 25. The Kier molecular flexibility index (Phi) is 16.1. The fraction of sp³-hybridized carbons (Fsp3) is 0.419. The van der Waals surface area contributed by atoms with Crippen LogP contribution < -0.4 is 10.6 Å². The summed E-state index contributed by atoms with van der Waals surface area (Å²) in [6.45, 7) is -4.54. The second kappa shape index (κ2) is 19.7. The SMILES string of the molecule is O=C(O)CNC(NCC(=O)O)C(CN(Cc1ccccc1)Cc1ccccc1)(C(=O)O)N(CCCN(CC(=O)O)CC(=O)O)CC(=O)O. The van der Waals surface area contributed by atoms with Crippen LogP contribution in [0.15, 0.2) is 60.7 Å². The van der Waals surface area contributed by atoms with Gasteiger partial charge in [0, 0.05) is 32.7 Å². The van der Waals surface area contributed by atoms with Gasteiger partial charge in [0.25, 0.3) is 0 Å². The minimum atomic E-state index is -2.36. The highest BCUT2D eigenvalue weighted by molar-refractivity contribution is 5.82. The molecule has 0 radical (unpaired) electrons. The molecule has 0 aliphatic carbocycles. The minimum Gasteiger partial charge on any atom is -0.480 e. The zero-order chi connectivity index (χ0) is 35.7. The van der Waals surface area contributed by atoms with Crippen LogP contribution in [0.1, 0.15) is 17.5 Å². The van der Waals surface area contributed by atoms with Gasteiger partial charge in [-0.25, -0.2) is 0 Å². The molecule has 0 saturated heterocycles. The lowest BCUT2D eigenvalue weighted by Crippen LogP contribution is -2.75. The molecule has 0 bridgehead atoms. The zero-order valence-corrected chi connectivity index (χ0v) is 26.1. The lowest BCUT2D eigenvalue weighted by Gasteiger charge is -2.47. The Morgan fingerprint density at radius 3 is 1.40 bits per heavy atom. The smallest absolute Gasteiger partial charge is 0.328 e. The third-order valence-electron chi connectivity index (χ3n) is 7.24. The number of carbonyl (C=O) groups is 6. The molecule has 2 aromatic rings. The van der Waals surface area contributed by atoms with Crippen LogP contribution >= 0.6 is 0 Å². The third-order valence-corrected chi connectivity index (χ3v) is 7.24. The van der Waals surface area contributed by atoms with Gasteiger partial charge in [0.2, 0.25) is 0 Å². The van der Waals surface area contributed by atoms with E-state index in [1.54, 1.807) is 65.6 Å². The standard InChI is InChI=1S/C31H41N5O12/c37-24(38)14-32-29(33-15-25(39)40)31(30(47)48,36(20-28(45)46)13-7-12-34(18-26(41)42)19-27(43)44)21-35(16-22-8-3-1-4-9-22)17-23-10-5-2-6-11-23/h1-6,8-11,29,32-33H,7,12-21H2,(H,37,38)(H,39,40)(H,41,42)(H,43,44)(H,45,46)(H,47,48). The van der Waals surface area contributed by atoms with Crippen molar-refractivity contribution in [1.29, 1.82) is 0 Å². The third kappa shape index (κ3) is 13.4. The second-order valence-electron chi connectivity index (χ2n) is 11.0. The summed E-state index contributed by atoms with van der Waals surface area (Å²) in [6.07, 6.45) is -1.77. The van der Waals surface area contributed by atoms with E-state index in [0.717, 1.165) is 20.9 Å². The van der Waals surface area contributed by atoms with Gasteiger partial charge in [-0.3, -0.25) is 54.1 Å². The van der Waals surface area contributed by atoms with Crippen molar-refractivity contribution in [3.8, 4) is 0 Å². The van der Waals surface area contributed by atoms with Crippen molar-refractivity contribution in [3.05, 3.63) is 71.8 Å². The van der Waals surface area contributed by atoms with E-state index in [4.69, 9.17) is 0 Å². The Bertz CT molecular complexity index is 1300. The Hall–Kier alpha value is -4.94. The summed E-state index contributed by atoms with van der Waals surface area (Å²) in [6, 6.07) is 17.9. The Balaban J connectivity index is 2.71. The van der Waals surface area contributed by atoms with E-state index < -0.39 is 86.8 Å². The highest BCUT2D eigenvalue weighted by Crippen LogP contribution is 2.25. The average Bonchev–Trinajstić information content (AvgIpc) is 2.99. The van der Waals surface area contributed by atoms with Crippen LogP contribution in [0.3, 0.4) is 0 Å². The molecule has 17 heteroatoms. The maximum Gasteiger partial charge on any atom is 0.328 e. The summed E-state index contributed by atoms with van der Waals surface area (Å²) in [7, 11) is 0. The van der Waals surface area contributed by atoms with Crippen LogP contribution in [0.4, 0.5) is 0 Å². The van der Waals surface area contributed by atoms with E-state index in [9.17, 15) is 59.4 Å².